The second kappa shape index (κ2) is 12.9. The normalized spacial score (nSPS) is 11.1. The molecule has 0 fully saturated rings. The number of rotatable bonds is 6. The van der Waals surface area contributed by atoms with Gasteiger partial charge in [-0.05, 0) is 57.6 Å². The third-order valence-corrected chi connectivity index (χ3v) is 10.4. The molecule has 5 heteroatoms. The molecule has 2 heterocycles. The Bertz CT molecular complexity index is 2650. The standard InChI is InChI=1S/C46H28N4S/c47-29-30-15-17-31(18-16-30)32-19-23-34(24-20-32)42-38(27-28-41-43(42)39-13-7-8-14-40(39)51-41)33-21-25-37(26-22-33)46-49-44(35-9-3-1-4-10-35)48-45(50-46)36-11-5-2-6-12-36/h1-28H. The smallest absolute Gasteiger partial charge is 0.164 e. The number of hydrogen-bond acceptors (Lipinski definition) is 5. The van der Waals surface area contributed by atoms with Crippen LogP contribution in [0.3, 0.4) is 0 Å². The van der Waals surface area contributed by atoms with Crippen LogP contribution in [0.5, 0.6) is 0 Å². The predicted molar refractivity (Wildman–Crippen MR) is 210 cm³/mol. The van der Waals surface area contributed by atoms with Crippen molar-refractivity contribution in [2.75, 3.05) is 0 Å². The average Bonchev–Trinajstić information content (AvgIpc) is 3.60. The van der Waals surface area contributed by atoms with Crippen molar-refractivity contribution in [1.82, 2.24) is 15.0 Å². The van der Waals surface area contributed by atoms with Gasteiger partial charge in [0.25, 0.3) is 0 Å². The lowest BCUT2D eigenvalue weighted by atomic mass is 9.89. The van der Waals surface area contributed by atoms with Gasteiger partial charge in [-0.1, -0.05) is 146 Å². The summed E-state index contributed by atoms with van der Waals surface area (Å²) in [6.45, 7) is 0. The fourth-order valence-corrected chi connectivity index (χ4v) is 7.77. The van der Waals surface area contributed by atoms with E-state index in [-0.39, 0.29) is 0 Å². The van der Waals surface area contributed by atoms with Crippen molar-refractivity contribution in [2.24, 2.45) is 0 Å². The van der Waals surface area contributed by atoms with Crippen LogP contribution < -0.4 is 0 Å². The van der Waals surface area contributed by atoms with Crippen molar-refractivity contribution >= 4 is 31.5 Å². The van der Waals surface area contributed by atoms with Gasteiger partial charge in [0, 0.05) is 36.9 Å². The Kier molecular flexibility index (Phi) is 7.70. The largest absolute Gasteiger partial charge is 0.208 e. The Labute approximate surface area is 299 Å². The maximum Gasteiger partial charge on any atom is 0.164 e. The van der Waals surface area contributed by atoms with Crippen LogP contribution in [-0.4, -0.2) is 15.0 Å². The molecular formula is C46H28N4S. The van der Waals surface area contributed by atoms with Gasteiger partial charge in [0.2, 0.25) is 0 Å². The van der Waals surface area contributed by atoms with E-state index in [9.17, 15) is 5.26 Å². The summed E-state index contributed by atoms with van der Waals surface area (Å²) in [5, 5.41) is 11.8. The summed E-state index contributed by atoms with van der Waals surface area (Å²) in [6, 6.07) is 60.6. The molecule has 0 saturated carbocycles. The van der Waals surface area contributed by atoms with Crippen LogP contribution in [0, 0.1) is 11.3 Å². The number of thiophene rings is 1. The molecule has 0 amide bonds. The van der Waals surface area contributed by atoms with E-state index in [2.05, 4.69) is 91.0 Å². The molecule has 4 nitrogen and oxygen atoms in total. The van der Waals surface area contributed by atoms with Gasteiger partial charge in [-0.25, -0.2) is 15.0 Å². The second-order valence-corrected chi connectivity index (χ2v) is 13.4. The number of benzene rings is 7. The highest BCUT2D eigenvalue weighted by molar-refractivity contribution is 7.26. The molecule has 7 aromatic carbocycles. The molecule has 0 atom stereocenters. The summed E-state index contributed by atoms with van der Waals surface area (Å²) >= 11 is 1.83. The van der Waals surface area contributed by atoms with Crippen LogP contribution in [0.2, 0.25) is 0 Å². The summed E-state index contributed by atoms with van der Waals surface area (Å²) in [4.78, 5) is 14.7. The number of hydrogen-bond donors (Lipinski definition) is 0. The van der Waals surface area contributed by atoms with E-state index in [1.54, 1.807) is 0 Å². The number of aromatic nitrogens is 3. The fourth-order valence-electron chi connectivity index (χ4n) is 6.66. The van der Waals surface area contributed by atoms with Crippen LogP contribution in [0.25, 0.3) is 87.7 Å². The van der Waals surface area contributed by atoms with Gasteiger partial charge < -0.3 is 0 Å². The molecule has 0 aliphatic heterocycles. The van der Waals surface area contributed by atoms with E-state index in [0.29, 0.717) is 23.0 Å². The molecule has 0 unspecified atom stereocenters. The maximum atomic E-state index is 9.25. The number of nitrogens with zero attached hydrogens (tertiary/aromatic N) is 4. The zero-order valence-corrected chi connectivity index (χ0v) is 28.2. The first-order valence-corrected chi connectivity index (χ1v) is 17.6. The average molecular weight is 669 g/mol. The van der Waals surface area contributed by atoms with Crippen molar-refractivity contribution in [3.05, 3.63) is 175 Å². The van der Waals surface area contributed by atoms with Crippen molar-refractivity contribution < 1.29 is 0 Å². The van der Waals surface area contributed by atoms with E-state index in [0.717, 1.165) is 44.5 Å². The van der Waals surface area contributed by atoms with Crippen molar-refractivity contribution in [3.63, 3.8) is 0 Å². The highest BCUT2D eigenvalue weighted by Gasteiger charge is 2.18. The summed E-state index contributed by atoms with van der Waals surface area (Å²) in [7, 11) is 0. The van der Waals surface area contributed by atoms with Gasteiger partial charge in [0.15, 0.2) is 17.5 Å². The molecule has 0 spiro atoms. The predicted octanol–water partition coefficient (Wildman–Crippen LogP) is 12.1. The lowest BCUT2D eigenvalue weighted by Crippen LogP contribution is -2.00. The highest BCUT2D eigenvalue weighted by Crippen LogP contribution is 2.45. The fraction of sp³-hybridized carbons (Fsp3) is 0. The van der Waals surface area contributed by atoms with Gasteiger partial charge >= 0.3 is 0 Å². The van der Waals surface area contributed by atoms with Crippen molar-refractivity contribution in [1.29, 1.82) is 5.26 Å². The first kappa shape index (κ1) is 30.3. The van der Waals surface area contributed by atoms with E-state index in [4.69, 9.17) is 15.0 Å². The van der Waals surface area contributed by atoms with Gasteiger partial charge in [-0.3, -0.25) is 0 Å². The Morgan fingerprint density at radius 3 is 1.45 bits per heavy atom. The third-order valence-electron chi connectivity index (χ3n) is 9.22. The topological polar surface area (TPSA) is 62.5 Å². The first-order chi connectivity index (χ1) is 25.2. The third kappa shape index (κ3) is 5.74. The van der Waals surface area contributed by atoms with Crippen LogP contribution in [0.15, 0.2) is 170 Å². The van der Waals surface area contributed by atoms with Gasteiger partial charge in [0.1, 0.15) is 0 Å². The minimum absolute atomic E-state index is 0.632. The van der Waals surface area contributed by atoms with Gasteiger partial charge in [-0.2, -0.15) is 5.26 Å². The van der Waals surface area contributed by atoms with Gasteiger partial charge in [0.05, 0.1) is 11.6 Å². The Hall–Kier alpha value is -6.74. The molecular weight excluding hydrogens is 641 g/mol. The SMILES string of the molecule is N#Cc1ccc(-c2ccc(-c3c(-c4ccc(-c5nc(-c6ccccc6)nc(-c6ccccc6)n5)cc4)ccc4sc5ccccc5c34)cc2)cc1. The molecule has 238 valence electrons. The minimum atomic E-state index is 0.632. The zero-order chi connectivity index (χ0) is 34.1. The number of fused-ring (bicyclic) bond motifs is 3. The Morgan fingerprint density at radius 1 is 0.392 bits per heavy atom. The minimum Gasteiger partial charge on any atom is -0.208 e. The molecule has 0 aliphatic carbocycles. The summed E-state index contributed by atoms with van der Waals surface area (Å²) in [5.41, 5.74) is 10.3. The van der Waals surface area contributed by atoms with E-state index < -0.39 is 0 Å². The summed E-state index contributed by atoms with van der Waals surface area (Å²) in [5.74, 6) is 1.92. The Morgan fingerprint density at radius 2 is 0.863 bits per heavy atom. The summed E-state index contributed by atoms with van der Waals surface area (Å²) < 4.78 is 2.53. The molecule has 0 aliphatic rings. The molecule has 0 N–H and O–H groups in total. The molecule has 2 aromatic heterocycles. The lowest BCUT2D eigenvalue weighted by Gasteiger charge is -2.14. The molecule has 9 rings (SSSR count). The van der Waals surface area contributed by atoms with Crippen LogP contribution >= 0.6 is 11.3 Å². The second-order valence-electron chi connectivity index (χ2n) is 12.3. The van der Waals surface area contributed by atoms with Crippen LogP contribution in [-0.2, 0) is 0 Å². The molecule has 51 heavy (non-hydrogen) atoms. The monoisotopic (exact) mass is 668 g/mol. The van der Waals surface area contributed by atoms with E-state index in [1.165, 1.54) is 25.7 Å². The number of nitriles is 1. The van der Waals surface area contributed by atoms with Gasteiger partial charge in [-0.15, -0.1) is 11.3 Å². The maximum absolute atomic E-state index is 9.25. The summed E-state index contributed by atoms with van der Waals surface area (Å²) in [6.07, 6.45) is 0. The zero-order valence-electron chi connectivity index (χ0n) is 27.4. The van der Waals surface area contributed by atoms with Crippen LogP contribution in [0.4, 0.5) is 0 Å². The molecule has 9 aromatic rings. The Balaban J connectivity index is 1.16. The molecule has 0 bridgehead atoms. The van der Waals surface area contributed by atoms with E-state index >= 15 is 0 Å². The lowest BCUT2D eigenvalue weighted by molar-refractivity contribution is 1.07. The van der Waals surface area contributed by atoms with E-state index in [1.807, 2.05) is 96.3 Å². The highest BCUT2D eigenvalue weighted by atomic mass is 32.1. The van der Waals surface area contributed by atoms with Crippen molar-refractivity contribution in [2.45, 2.75) is 0 Å². The molecule has 0 radical (unpaired) electrons. The van der Waals surface area contributed by atoms with Crippen LogP contribution in [0.1, 0.15) is 5.56 Å². The van der Waals surface area contributed by atoms with Crippen molar-refractivity contribution in [3.8, 4) is 73.6 Å². The first-order valence-electron chi connectivity index (χ1n) is 16.7. The quantitative estimate of drug-likeness (QED) is 0.177. The molecule has 0 saturated heterocycles.